The monoisotopic (exact) mass is 446 g/mol. The first kappa shape index (κ1) is 21.5. The van der Waals surface area contributed by atoms with Gasteiger partial charge in [-0.15, -0.1) is 0 Å². The number of aryl methyl sites for hydroxylation is 1. The van der Waals surface area contributed by atoms with Crippen molar-refractivity contribution in [1.29, 1.82) is 0 Å². The van der Waals surface area contributed by atoms with Crippen LogP contribution >= 0.6 is 0 Å². The fourth-order valence-corrected chi connectivity index (χ4v) is 5.07. The lowest BCUT2D eigenvalue weighted by Crippen LogP contribution is -2.65. The number of nitrogens with zero attached hydrogens (tertiary/aromatic N) is 3. The molecule has 1 atom stereocenters. The maximum atomic E-state index is 13.9. The molecule has 1 aliphatic carbocycles. The molecule has 7 nitrogen and oxygen atoms in total. The number of anilines is 1. The van der Waals surface area contributed by atoms with Crippen molar-refractivity contribution in [1.82, 2.24) is 15.1 Å². The highest BCUT2D eigenvalue weighted by Gasteiger charge is 2.49. The molecule has 0 bridgehead atoms. The zero-order valence-corrected chi connectivity index (χ0v) is 19.4. The molecular formula is C26H30N4O3. The highest BCUT2D eigenvalue weighted by atomic mass is 16.3. The molecule has 1 N–H and O–H groups in total. The van der Waals surface area contributed by atoms with E-state index in [1.165, 1.54) is 6.42 Å². The van der Waals surface area contributed by atoms with Crippen molar-refractivity contribution in [2.24, 2.45) is 0 Å². The zero-order valence-electron chi connectivity index (χ0n) is 19.4. The molecule has 1 saturated carbocycles. The van der Waals surface area contributed by atoms with E-state index in [9.17, 15) is 9.59 Å². The summed E-state index contributed by atoms with van der Waals surface area (Å²) in [5.41, 5.74) is 2.74. The fraction of sp³-hybridized carbons (Fsp3) is 0.423. The van der Waals surface area contributed by atoms with Gasteiger partial charge < -0.3 is 9.73 Å². The average molecular weight is 447 g/mol. The van der Waals surface area contributed by atoms with Crippen LogP contribution in [0.25, 0.3) is 11.5 Å². The van der Waals surface area contributed by atoms with Crippen LogP contribution in [0.2, 0.25) is 0 Å². The summed E-state index contributed by atoms with van der Waals surface area (Å²) in [5.74, 6) is 0.224. The Morgan fingerprint density at radius 3 is 2.67 bits per heavy atom. The second-order valence-corrected chi connectivity index (χ2v) is 9.49. The molecule has 7 heteroatoms. The molecule has 33 heavy (non-hydrogen) atoms. The molecule has 1 aliphatic heterocycles. The predicted molar refractivity (Wildman–Crippen MR) is 126 cm³/mol. The van der Waals surface area contributed by atoms with Crippen molar-refractivity contribution in [3.63, 3.8) is 0 Å². The molecule has 2 amide bonds. The standard InChI is InChI=1S/C26H30N4O3/c1-17-9-7-12-21(18(17)2)30-24(31)22-15-20(23-13-8-14-33-23)28-29(22)16-26(30,3)25(32)27-19-10-5-4-6-11-19/h7-9,12-15,19H,4-6,10-11,16H2,1-3H3,(H,27,32)/t26-/m1/s1. The summed E-state index contributed by atoms with van der Waals surface area (Å²) in [6.07, 6.45) is 7.00. The lowest BCUT2D eigenvalue weighted by atomic mass is 9.90. The van der Waals surface area contributed by atoms with Crippen molar-refractivity contribution in [3.8, 4) is 11.5 Å². The van der Waals surface area contributed by atoms with Gasteiger partial charge >= 0.3 is 0 Å². The van der Waals surface area contributed by atoms with E-state index in [1.807, 2.05) is 45.0 Å². The Labute approximate surface area is 193 Å². The number of hydrogen-bond donors (Lipinski definition) is 1. The Bertz CT molecular complexity index is 1190. The number of aromatic nitrogens is 2. The first-order chi connectivity index (χ1) is 15.9. The maximum Gasteiger partial charge on any atom is 0.277 e. The molecular weight excluding hydrogens is 416 g/mol. The number of fused-ring (bicyclic) bond motifs is 1. The summed E-state index contributed by atoms with van der Waals surface area (Å²) in [5, 5.41) is 7.89. The third kappa shape index (κ3) is 3.65. The summed E-state index contributed by atoms with van der Waals surface area (Å²) >= 11 is 0. The van der Waals surface area contributed by atoms with Crippen LogP contribution in [-0.4, -0.2) is 33.2 Å². The van der Waals surface area contributed by atoms with Crippen LogP contribution in [0.3, 0.4) is 0 Å². The number of carbonyl (C=O) groups excluding carboxylic acids is 2. The molecule has 0 spiro atoms. The molecule has 172 valence electrons. The molecule has 2 aliphatic rings. The highest BCUT2D eigenvalue weighted by Crippen LogP contribution is 2.37. The van der Waals surface area contributed by atoms with E-state index >= 15 is 0 Å². The SMILES string of the molecule is Cc1cccc(N2C(=O)c3cc(-c4ccco4)nn3C[C@]2(C)C(=O)NC2CCCCC2)c1C. The smallest absolute Gasteiger partial charge is 0.277 e. The van der Waals surface area contributed by atoms with E-state index in [1.54, 1.807) is 28.0 Å². The number of rotatable bonds is 4. The van der Waals surface area contributed by atoms with Crippen LogP contribution in [0, 0.1) is 13.8 Å². The van der Waals surface area contributed by atoms with Gasteiger partial charge in [-0.05, 0) is 62.9 Å². The lowest BCUT2D eigenvalue weighted by Gasteiger charge is -2.44. The summed E-state index contributed by atoms with van der Waals surface area (Å²) < 4.78 is 7.15. The number of hydrogen-bond acceptors (Lipinski definition) is 4. The average Bonchev–Trinajstić information content (AvgIpc) is 3.47. The molecule has 0 radical (unpaired) electrons. The lowest BCUT2D eigenvalue weighted by molar-refractivity contribution is -0.127. The molecule has 1 aromatic carbocycles. The molecule has 3 heterocycles. The van der Waals surface area contributed by atoms with Gasteiger partial charge in [-0.3, -0.25) is 19.2 Å². The van der Waals surface area contributed by atoms with E-state index < -0.39 is 5.54 Å². The highest BCUT2D eigenvalue weighted by molar-refractivity contribution is 6.12. The van der Waals surface area contributed by atoms with Crippen molar-refractivity contribution in [3.05, 3.63) is 59.5 Å². The first-order valence-corrected chi connectivity index (χ1v) is 11.7. The summed E-state index contributed by atoms with van der Waals surface area (Å²) in [6, 6.07) is 11.4. The minimum atomic E-state index is -1.12. The van der Waals surface area contributed by atoms with Crippen molar-refractivity contribution in [2.75, 3.05) is 4.90 Å². The Balaban J connectivity index is 1.59. The number of carbonyl (C=O) groups is 2. The minimum absolute atomic E-state index is 0.135. The second-order valence-electron chi connectivity index (χ2n) is 9.49. The summed E-state index contributed by atoms with van der Waals surface area (Å²) in [6.45, 7) is 6.13. The topological polar surface area (TPSA) is 80.4 Å². The van der Waals surface area contributed by atoms with Crippen LogP contribution in [0.15, 0.2) is 47.1 Å². The molecule has 0 saturated heterocycles. The number of amides is 2. The van der Waals surface area contributed by atoms with E-state index in [2.05, 4.69) is 10.4 Å². The van der Waals surface area contributed by atoms with Gasteiger partial charge in [0.05, 0.1) is 12.8 Å². The van der Waals surface area contributed by atoms with Gasteiger partial charge in [0.25, 0.3) is 5.91 Å². The second kappa shape index (κ2) is 8.21. The molecule has 3 aromatic rings. The first-order valence-electron chi connectivity index (χ1n) is 11.7. The van der Waals surface area contributed by atoms with Crippen LogP contribution in [0.1, 0.15) is 60.6 Å². The van der Waals surface area contributed by atoms with Gasteiger partial charge in [0, 0.05) is 17.8 Å². The van der Waals surface area contributed by atoms with E-state index in [-0.39, 0.29) is 24.4 Å². The van der Waals surface area contributed by atoms with Gasteiger partial charge in [-0.25, -0.2) is 0 Å². The van der Waals surface area contributed by atoms with Crippen LogP contribution in [0.5, 0.6) is 0 Å². The molecule has 0 unspecified atom stereocenters. The van der Waals surface area contributed by atoms with Gasteiger partial charge in [0.15, 0.2) is 5.76 Å². The summed E-state index contributed by atoms with van der Waals surface area (Å²) in [4.78, 5) is 29.4. The molecule has 2 aromatic heterocycles. The van der Waals surface area contributed by atoms with Crippen LogP contribution < -0.4 is 10.2 Å². The number of furan rings is 1. The van der Waals surface area contributed by atoms with Gasteiger partial charge in [0.2, 0.25) is 5.91 Å². The third-order valence-electron chi connectivity index (χ3n) is 7.17. The predicted octanol–water partition coefficient (Wildman–Crippen LogP) is 4.63. The quantitative estimate of drug-likeness (QED) is 0.634. The maximum absolute atomic E-state index is 13.9. The number of nitrogens with one attached hydrogen (secondary N) is 1. The largest absolute Gasteiger partial charge is 0.463 e. The van der Waals surface area contributed by atoms with Gasteiger partial charge in [-0.1, -0.05) is 31.4 Å². The van der Waals surface area contributed by atoms with E-state index in [4.69, 9.17) is 4.42 Å². The third-order valence-corrected chi connectivity index (χ3v) is 7.17. The fourth-order valence-electron chi connectivity index (χ4n) is 5.07. The molecule has 5 rings (SSSR count). The van der Waals surface area contributed by atoms with Crippen molar-refractivity contribution < 1.29 is 14.0 Å². The molecule has 1 fully saturated rings. The Kier molecular flexibility index (Phi) is 5.35. The Morgan fingerprint density at radius 2 is 1.94 bits per heavy atom. The van der Waals surface area contributed by atoms with Crippen LogP contribution in [0.4, 0.5) is 5.69 Å². The Hall–Kier alpha value is -3.35. The minimum Gasteiger partial charge on any atom is -0.463 e. The Morgan fingerprint density at radius 1 is 1.15 bits per heavy atom. The van der Waals surface area contributed by atoms with E-state index in [0.717, 1.165) is 42.5 Å². The van der Waals surface area contributed by atoms with Crippen LogP contribution in [-0.2, 0) is 11.3 Å². The summed E-state index contributed by atoms with van der Waals surface area (Å²) in [7, 11) is 0. The van der Waals surface area contributed by atoms with Gasteiger partial charge in [-0.2, -0.15) is 5.10 Å². The van der Waals surface area contributed by atoms with E-state index in [0.29, 0.717) is 17.1 Å². The normalized spacial score (nSPS) is 21.2. The zero-order chi connectivity index (χ0) is 23.2. The van der Waals surface area contributed by atoms with Crippen molar-refractivity contribution >= 4 is 17.5 Å². The van der Waals surface area contributed by atoms with Gasteiger partial charge in [0.1, 0.15) is 16.9 Å². The van der Waals surface area contributed by atoms with Crippen molar-refractivity contribution in [2.45, 2.75) is 71.0 Å². The number of benzene rings is 1.